The van der Waals surface area contributed by atoms with Crippen molar-refractivity contribution < 1.29 is 14.3 Å². The van der Waals surface area contributed by atoms with Crippen LogP contribution in [0, 0.1) is 0 Å². The zero-order valence-electron chi connectivity index (χ0n) is 15.6. The van der Waals surface area contributed by atoms with E-state index in [0.29, 0.717) is 18.7 Å². The van der Waals surface area contributed by atoms with Crippen LogP contribution in [0.4, 0.5) is 0 Å². The molecule has 0 unspecified atom stereocenters. The summed E-state index contributed by atoms with van der Waals surface area (Å²) in [5.74, 6) is 0.948. The van der Waals surface area contributed by atoms with Crippen LogP contribution >= 0.6 is 0 Å². The first-order valence-corrected chi connectivity index (χ1v) is 9.43. The van der Waals surface area contributed by atoms with Gasteiger partial charge in [-0.15, -0.1) is 0 Å². The molecule has 2 aliphatic rings. The highest BCUT2D eigenvalue weighted by Gasteiger charge is 2.39. The Morgan fingerprint density at radius 2 is 2.15 bits per heavy atom. The summed E-state index contributed by atoms with van der Waals surface area (Å²) in [4.78, 5) is 21.5. The number of para-hydroxylation sites is 1. The first kappa shape index (κ1) is 17.9. The lowest BCUT2D eigenvalue weighted by molar-refractivity contribution is -0.0914. The van der Waals surface area contributed by atoms with Crippen molar-refractivity contribution in [3.63, 3.8) is 0 Å². The third kappa shape index (κ3) is 3.82. The summed E-state index contributed by atoms with van der Waals surface area (Å²) >= 11 is 0. The SMILES string of the molecule is COc1ccccc1CN1CC[C@H]2OCCN(C(=O)c3cccnc3)[C@@H]2C1. The Hall–Kier alpha value is -2.44. The molecule has 142 valence electrons. The topological polar surface area (TPSA) is 54.9 Å². The van der Waals surface area contributed by atoms with E-state index in [1.54, 1.807) is 25.6 Å². The number of amides is 1. The second kappa shape index (κ2) is 8.06. The van der Waals surface area contributed by atoms with Gasteiger partial charge in [0.05, 0.1) is 31.4 Å². The number of pyridine rings is 1. The molecule has 1 amide bonds. The van der Waals surface area contributed by atoms with Gasteiger partial charge in [0.15, 0.2) is 0 Å². The van der Waals surface area contributed by atoms with Gasteiger partial charge in [0, 0.05) is 44.1 Å². The maximum absolute atomic E-state index is 13.0. The molecule has 0 bridgehead atoms. The molecule has 27 heavy (non-hydrogen) atoms. The van der Waals surface area contributed by atoms with Crippen molar-refractivity contribution in [3.05, 3.63) is 59.9 Å². The summed E-state index contributed by atoms with van der Waals surface area (Å²) in [6.07, 6.45) is 4.36. The molecule has 6 heteroatoms. The molecule has 0 radical (unpaired) electrons. The number of aromatic nitrogens is 1. The number of hydrogen-bond donors (Lipinski definition) is 0. The monoisotopic (exact) mass is 367 g/mol. The summed E-state index contributed by atoms with van der Waals surface area (Å²) in [6.45, 7) is 3.78. The molecule has 2 fully saturated rings. The van der Waals surface area contributed by atoms with E-state index in [1.807, 2.05) is 29.2 Å². The Labute approximate surface area is 159 Å². The van der Waals surface area contributed by atoms with E-state index in [1.165, 1.54) is 5.56 Å². The number of carbonyl (C=O) groups excluding carboxylic acids is 1. The van der Waals surface area contributed by atoms with E-state index in [2.05, 4.69) is 16.0 Å². The van der Waals surface area contributed by atoms with E-state index < -0.39 is 0 Å². The third-order valence-electron chi connectivity index (χ3n) is 5.42. The van der Waals surface area contributed by atoms with Gasteiger partial charge in [0.2, 0.25) is 0 Å². The van der Waals surface area contributed by atoms with Gasteiger partial charge in [-0.3, -0.25) is 14.7 Å². The molecule has 4 rings (SSSR count). The first-order chi connectivity index (χ1) is 13.3. The van der Waals surface area contributed by atoms with Crippen molar-refractivity contribution in [1.29, 1.82) is 0 Å². The Bertz CT molecular complexity index is 783. The Kier molecular flexibility index (Phi) is 5.36. The maximum Gasteiger partial charge on any atom is 0.255 e. The number of ether oxygens (including phenoxy) is 2. The number of piperidine rings is 1. The average molecular weight is 367 g/mol. The van der Waals surface area contributed by atoms with Crippen molar-refractivity contribution in [1.82, 2.24) is 14.8 Å². The molecule has 2 aliphatic heterocycles. The molecule has 2 saturated heterocycles. The molecule has 0 saturated carbocycles. The normalized spacial score (nSPS) is 22.9. The van der Waals surface area contributed by atoms with E-state index >= 15 is 0 Å². The van der Waals surface area contributed by atoms with Crippen LogP contribution in [0.25, 0.3) is 0 Å². The van der Waals surface area contributed by atoms with Gasteiger partial charge >= 0.3 is 0 Å². The van der Waals surface area contributed by atoms with E-state index in [-0.39, 0.29) is 18.1 Å². The molecular weight excluding hydrogens is 342 g/mol. The van der Waals surface area contributed by atoms with E-state index in [4.69, 9.17) is 9.47 Å². The minimum absolute atomic E-state index is 0.0422. The van der Waals surface area contributed by atoms with Crippen LogP contribution in [-0.2, 0) is 11.3 Å². The molecule has 0 spiro atoms. The number of benzene rings is 1. The molecular formula is C21H25N3O3. The summed E-state index contributed by atoms with van der Waals surface area (Å²) in [5.41, 5.74) is 1.81. The lowest BCUT2D eigenvalue weighted by Crippen LogP contribution is -2.61. The fraction of sp³-hybridized carbons (Fsp3) is 0.429. The second-order valence-electron chi connectivity index (χ2n) is 7.05. The maximum atomic E-state index is 13.0. The van der Waals surface area contributed by atoms with Crippen LogP contribution in [-0.4, -0.2) is 66.2 Å². The average Bonchev–Trinajstić information content (AvgIpc) is 2.74. The molecule has 0 aliphatic carbocycles. The number of rotatable bonds is 4. The molecule has 0 N–H and O–H groups in total. The van der Waals surface area contributed by atoms with E-state index in [9.17, 15) is 4.79 Å². The van der Waals surface area contributed by atoms with Gasteiger partial charge in [0.25, 0.3) is 5.91 Å². The van der Waals surface area contributed by atoms with Gasteiger partial charge in [0.1, 0.15) is 5.75 Å². The number of fused-ring (bicyclic) bond motifs is 1. The molecule has 1 aromatic carbocycles. The lowest BCUT2D eigenvalue weighted by Gasteiger charge is -2.47. The number of methoxy groups -OCH3 is 1. The summed E-state index contributed by atoms with van der Waals surface area (Å²) < 4.78 is 11.5. The van der Waals surface area contributed by atoms with Crippen LogP contribution in [0.2, 0.25) is 0 Å². The van der Waals surface area contributed by atoms with Gasteiger partial charge < -0.3 is 14.4 Å². The van der Waals surface area contributed by atoms with Crippen molar-refractivity contribution >= 4 is 5.91 Å². The van der Waals surface area contributed by atoms with Crippen molar-refractivity contribution in [3.8, 4) is 5.75 Å². The minimum Gasteiger partial charge on any atom is -0.496 e. The van der Waals surface area contributed by atoms with Crippen molar-refractivity contribution in [2.75, 3.05) is 33.4 Å². The molecule has 2 atom stereocenters. The number of carbonyl (C=O) groups is 1. The molecule has 2 aromatic rings. The fourth-order valence-corrected chi connectivity index (χ4v) is 4.06. The number of hydrogen-bond acceptors (Lipinski definition) is 5. The van der Waals surface area contributed by atoms with E-state index in [0.717, 1.165) is 31.8 Å². The Morgan fingerprint density at radius 3 is 2.96 bits per heavy atom. The highest BCUT2D eigenvalue weighted by molar-refractivity contribution is 5.94. The smallest absolute Gasteiger partial charge is 0.255 e. The van der Waals surface area contributed by atoms with Crippen LogP contribution in [0.5, 0.6) is 5.75 Å². The predicted octanol–water partition coefficient (Wildman–Crippen LogP) is 2.21. The number of likely N-dealkylation sites (tertiary alicyclic amines) is 1. The third-order valence-corrected chi connectivity index (χ3v) is 5.42. The van der Waals surface area contributed by atoms with Gasteiger partial charge in [-0.05, 0) is 24.6 Å². The molecule has 6 nitrogen and oxygen atoms in total. The number of morpholine rings is 1. The quantitative estimate of drug-likeness (QED) is 0.829. The highest BCUT2D eigenvalue weighted by Crippen LogP contribution is 2.27. The lowest BCUT2D eigenvalue weighted by atomic mass is 9.97. The fourth-order valence-electron chi connectivity index (χ4n) is 4.06. The van der Waals surface area contributed by atoms with Crippen LogP contribution in [0.1, 0.15) is 22.3 Å². The van der Waals surface area contributed by atoms with Gasteiger partial charge in [-0.25, -0.2) is 0 Å². The van der Waals surface area contributed by atoms with Crippen molar-refractivity contribution in [2.24, 2.45) is 0 Å². The second-order valence-corrected chi connectivity index (χ2v) is 7.05. The Balaban J connectivity index is 1.50. The van der Waals surface area contributed by atoms with Crippen LogP contribution < -0.4 is 4.74 Å². The zero-order chi connectivity index (χ0) is 18.6. The zero-order valence-corrected chi connectivity index (χ0v) is 15.6. The largest absolute Gasteiger partial charge is 0.496 e. The van der Waals surface area contributed by atoms with Gasteiger partial charge in [-0.2, -0.15) is 0 Å². The number of nitrogens with zero attached hydrogens (tertiary/aromatic N) is 3. The molecule has 1 aromatic heterocycles. The predicted molar refractivity (Wildman–Crippen MR) is 102 cm³/mol. The first-order valence-electron chi connectivity index (χ1n) is 9.43. The standard InChI is InChI=1S/C21H25N3O3/c1-26-19-7-3-2-5-17(19)14-23-10-8-20-18(15-23)24(11-12-27-20)21(25)16-6-4-9-22-13-16/h2-7,9,13,18,20H,8,10-12,14-15H2,1H3/t18-,20-/m1/s1. The van der Waals surface area contributed by atoms with Gasteiger partial charge in [-0.1, -0.05) is 18.2 Å². The molecule has 3 heterocycles. The minimum atomic E-state index is 0.0422. The summed E-state index contributed by atoms with van der Waals surface area (Å²) in [6, 6.07) is 11.8. The summed E-state index contributed by atoms with van der Waals surface area (Å²) in [7, 11) is 1.70. The Morgan fingerprint density at radius 1 is 1.26 bits per heavy atom. The highest BCUT2D eigenvalue weighted by atomic mass is 16.5. The summed E-state index contributed by atoms with van der Waals surface area (Å²) in [5, 5.41) is 0. The van der Waals surface area contributed by atoms with Crippen molar-refractivity contribution in [2.45, 2.75) is 25.1 Å². The van der Waals surface area contributed by atoms with Crippen LogP contribution in [0.15, 0.2) is 48.8 Å². The van der Waals surface area contributed by atoms with Crippen LogP contribution in [0.3, 0.4) is 0 Å².